The highest BCUT2D eigenvalue weighted by atomic mass is 14.8. The van der Waals surface area contributed by atoms with E-state index in [0.29, 0.717) is 5.82 Å². The summed E-state index contributed by atoms with van der Waals surface area (Å²) in [6.07, 6.45) is 3.64. The molecular weight excluding hydrogens is 232 g/mol. The van der Waals surface area contributed by atoms with Gasteiger partial charge >= 0.3 is 0 Å². The molecule has 2 N–H and O–H groups in total. The summed E-state index contributed by atoms with van der Waals surface area (Å²) in [7, 11) is 0. The largest absolute Gasteiger partial charge is 0.383 e. The third kappa shape index (κ3) is 2.43. The molecule has 1 heterocycles. The molecule has 19 heavy (non-hydrogen) atoms. The van der Waals surface area contributed by atoms with E-state index in [9.17, 15) is 0 Å². The van der Waals surface area contributed by atoms with E-state index in [0.717, 1.165) is 18.4 Å². The molecule has 0 saturated heterocycles. The van der Waals surface area contributed by atoms with E-state index in [1.165, 1.54) is 16.3 Å². The number of nitrogen functional groups attached to an aromatic ring is 1. The Hall–Kier alpha value is -2.35. The number of pyridine rings is 1. The zero-order chi connectivity index (χ0) is 13.1. The van der Waals surface area contributed by atoms with Gasteiger partial charge in [0.2, 0.25) is 0 Å². The smallest absolute Gasteiger partial charge is 0.126 e. The van der Waals surface area contributed by atoms with Crippen LogP contribution < -0.4 is 5.73 Å². The molecule has 0 spiro atoms. The molecule has 3 aromatic rings. The van der Waals surface area contributed by atoms with Crippen LogP contribution in [-0.4, -0.2) is 4.98 Å². The van der Waals surface area contributed by atoms with Crippen molar-refractivity contribution in [3.05, 3.63) is 71.9 Å². The predicted molar refractivity (Wildman–Crippen MR) is 80.0 cm³/mol. The van der Waals surface area contributed by atoms with Gasteiger partial charge in [-0.2, -0.15) is 0 Å². The van der Waals surface area contributed by atoms with E-state index >= 15 is 0 Å². The Kier molecular flexibility index (Phi) is 3.15. The summed E-state index contributed by atoms with van der Waals surface area (Å²) in [5.41, 5.74) is 8.37. The molecule has 3 rings (SSSR count). The first-order valence-electron chi connectivity index (χ1n) is 6.50. The molecule has 2 nitrogen and oxygen atoms in total. The van der Waals surface area contributed by atoms with Crippen molar-refractivity contribution in [2.45, 2.75) is 12.8 Å². The van der Waals surface area contributed by atoms with Gasteiger partial charge in [0.25, 0.3) is 0 Å². The molecular formula is C17H16N2. The average Bonchev–Trinajstić information content (AvgIpc) is 2.46. The van der Waals surface area contributed by atoms with Gasteiger partial charge in [-0.1, -0.05) is 48.5 Å². The first-order valence-corrected chi connectivity index (χ1v) is 6.50. The summed E-state index contributed by atoms with van der Waals surface area (Å²) in [4.78, 5) is 4.13. The molecule has 0 saturated carbocycles. The van der Waals surface area contributed by atoms with Crippen molar-refractivity contribution in [3.63, 3.8) is 0 Å². The van der Waals surface area contributed by atoms with Gasteiger partial charge in [0.05, 0.1) is 0 Å². The van der Waals surface area contributed by atoms with Gasteiger partial charge in [0, 0.05) is 6.20 Å². The Labute approximate surface area is 112 Å². The minimum absolute atomic E-state index is 0.641. The van der Waals surface area contributed by atoms with E-state index < -0.39 is 0 Å². The molecule has 1 aromatic heterocycles. The summed E-state index contributed by atoms with van der Waals surface area (Å²) in [5, 5.41) is 2.62. The molecule has 0 aliphatic heterocycles. The third-order valence-electron chi connectivity index (χ3n) is 3.47. The zero-order valence-electron chi connectivity index (χ0n) is 10.7. The van der Waals surface area contributed by atoms with Gasteiger partial charge in [0.15, 0.2) is 0 Å². The fraction of sp³-hybridized carbons (Fsp3) is 0.118. The molecule has 2 aromatic carbocycles. The number of nitrogens with zero attached hydrogens (tertiary/aromatic N) is 1. The number of hydrogen-bond acceptors (Lipinski definition) is 2. The molecule has 0 aliphatic carbocycles. The van der Waals surface area contributed by atoms with Crippen LogP contribution in [0, 0.1) is 0 Å². The molecule has 0 unspecified atom stereocenters. The van der Waals surface area contributed by atoms with Crippen LogP contribution in [0.1, 0.15) is 11.1 Å². The van der Waals surface area contributed by atoms with Crippen molar-refractivity contribution in [2.75, 3.05) is 5.73 Å². The lowest BCUT2D eigenvalue weighted by atomic mass is 9.99. The van der Waals surface area contributed by atoms with Crippen LogP contribution in [-0.2, 0) is 12.8 Å². The lowest BCUT2D eigenvalue weighted by Crippen LogP contribution is -1.99. The van der Waals surface area contributed by atoms with Crippen LogP contribution in [0.5, 0.6) is 0 Å². The predicted octanol–water partition coefficient (Wildman–Crippen LogP) is 3.60. The fourth-order valence-electron chi connectivity index (χ4n) is 2.44. The van der Waals surface area contributed by atoms with Crippen molar-refractivity contribution < 1.29 is 0 Å². The molecule has 0 atom stereocenters. The second kappa shape index (κ2) is 5.11. The number of rotatable bonds is 3. The van der Waals surface area contributed by atoms with E-state index in [2.05, 4.69) is 47.4 Å². The normalized spacial score (nSPS) is 10.7. The minimum Gasteiger partial charge on any atom is -0.383 e. The summed E-state index contributed by atoms with van der Waals surface area (Å²) in [6.45, 7) is 0. The molecule has 0 fully saturated rings. The number of aromatic nitrogens is 1. The van der Waals surface area contributed by atoms with Crippen molar-refractivity contribution >= 4 is 16.6 Å². The second-order valence-corrected chi connectivity index (χ2v) is 4.69. The van der Waals surface area contributed by atoms with Crippen molar-refractivity contribution in [2.24, 2.45) is 0 Å². The Morgan fingerprint density at radius 1 is 0.789 bits per heavy atom. The number of anilines is 1. The SMILES string of the molecule is Nc1ncccc1CCc1cccc2ccccc12. The van der Waals surface area contributed by atoms with E-state index in [-0.39, 0.29) is 0 Å². The molecule has 94 valence electrons. The summed E-state index contributed by atoms with van der Waals surface area (Å²) in [5.74, 6) is 0.641. The summed E-state index contributed by atoms with van der Waals surface area (Å²) >= 11 is 0. The Morgan fingerprint density at radius 3 is 2.42 bits per heavy atom. The highest BCUT2D eigenvalue weighted by molar-refractivity contribution is 5.85. The lowest BCUT2D eigenvalue weighted by molar-refractivity contribution is 0.963. The van der Waals surface area contributed by atoms with Crippen molar-refractivity contribution in [3.8, 4) is 0 Å². The van der Waals surface area contributed by atoms with Gasteiger partial charge in [-0.3, -0.25) is 0 Å². The van der Waals surface area contributed by atoms with E-state index in [1.807, 2.05) is 12.1 Å². The zero-order valence-corrected chi connectivity index (χ0v) is 10.7. The highest BCUT2D eigenvalue weighted by Gasteiger charge is 2.03. The topological polar surface area (TPSA) is 38.9 Å². The van der Waals surface area contributed by atoms with Crippen LogP contribution >= 0.6 is 0 Å². The van der Waals surface area contributed by atoms with E-state index in [1.54, 1.807) is 6.20 Å². The third-order valence-corrected chi connectivity index (χ3v) is 3.47. The Balaban J connectivity index is 1.88. The van der Waals surface area contributed by atoms with Crippen LogP contribution in [0.3, 0.4) is 0 Å². The van der Waals surface area contributed by atoms with Crippen LogP contribution in [0.2, 0.25) is 0 Å². The van der Waals surface area contributed by atoms with Crippen LogP contribution in [0.4, 0.5) is 5.82 Å². The number of fused-ring (bicyclic) bond motifs is 1. The Morgan fingerprint density at radius 2 is 1.53 bits per heavy atom. The first kappa shape index (κ1) is 11.7. The lowest BCUT2D eigenvalue weighted by Gasteiger charge is -2.07. The standard InChI is InChI=1S/C17H16N2/c18-17-15(8-4-12-19-17)11-10-14-7-3-6-13-5-1-2-9-16(13)14/h1-9,12H,10-11H2,(H2,18,19). The quantitative estimate of drug-likeness (QED) is 0.769. The van der Waals surface area contributed by atoms with E-state index in [4.69, 9.17) is 5.73 Å². The van der Waals surface area contributed by atoms with Gasteiger partial charge in [0.1, 0.15) is 5.82 Å². The summed E-state index contributed by atoms with van der Waals surface area (Å²) < 4.78 is 0. The second-order valence-electron chi connectivity index (χ2n) is 4.69. The van der Waals surface area contributed by atoms with Gasteiger partial charge in [-0.05, 0) is 40.8 Å². The molecule has 0 aliphatic rings. The van der Waals surface area contributed by atoms with Gasteiger partial charge in [-0.15, -0.1) is 0 Å². The maximum Gasteiger partial charge on any atom is 0.126 e. The van der Waals surface area contributed by atoms with Crippen molar-refractivity contribution in [1.82, 2.24) is 4.98 Å². The molecule has 0 bridgehead atoms. The summed E-state index contributed by atoms with van der Waals surface area (Å²) in [6, 6.07) is 18.9. The Bertz CT molecular complexity index is 699. The number of benzene rings is 2. The number of aryl methyl sites for hydroxylation is 2. The van der Waals surface area contributed by atoms with Gasteiger partial charge in [-0.25, -0.2) is 4.98 Å². The fourth-order valence-corrected chi connectivity index (χ4v) is 2.44. The number of hydrogen-bond donors (Lipinski definition) is 1. The molecule has 0 amide bonds. The highest BCUT2D eigenvalue weighted by Crippen LogP contribution is 2.20. The first-order chi connectivity index (χ1) is 9.34. The monoisotopic (exact) mass is 248 g/mol. The van der Waals surface area contributed by atoms with Crippen LogP contribution in [0.25, 0.3) is 10.8 Å². The molecule has 2 heteroatoms. The number of nitrogens with two attached hydrogens (primary N) is 1. The van der Waals surface area contributed by atoms with Crippen LogP contribution in [0.15, 0.2) is 60.8 Å². The molecule has 0 radical (unpaired) electrons. The maximum atomic E-state index is 5.89. The average molecular weight is 248 g/mol. The maximum absolute atomic E-state index is 5.89. The van der Waals surface area contributed by atoms with Gasteiger partial charge < -0.3 is 5.73 Å². The minimum atomic E-state index is 0.641. The van der Waals surface area contributed by atoms with Crippen molar-refractivity contribution in [1.29, 1.82) is 0 Å².